The Balaban J connectivity index is 1.17. The molecule has 0 saturated carbocycles. The van der Waals surface area contributed by atoms with Crippen LogP contribution in [0, 0.1) is 0 Å². The predicted octanol–water partition coefficient (Wildman–Crippen LogP) is 11.7. The highest BCUT2D eigenvalue weighted by atomic mass is 15.0. The maximum atomic E-state index is 5.10. The van der Waals surface area contributed by atoms with E-state index in [9.17, 15) is 0 Å². The lowest BCUT2D eigenvalue weighted by Crippen LogP contribution is -2.14. The molecule has 0 bridgehead atoms. The number of rotatable bonds is 4. The Hall–Kier alpha value is -6.52. The van der Waals surface area contributed by atoms with Crippen molar-refractivity contribution in [3.8, 4) is 56.5 Å². The van der Waals surface area contributed by atoms with E-state index >= 15 is 0 Å². The van der Waals surface area contributed by atoms with Crippen LogP contribution in [0.4, 0.5) is 0 Å². The zero-order valence-electron chi connectivity index (χ0n) is 28.3. The molecule has 2 heterocycles. The largest absolute Gasteiger partial charge is 0.256 e. The molecule has 0 radical (unpaired) electrons. The van der Waals surface area contributed by atoms with Gasteiger partial charge in [0.25, 0.3) is 0 Å². The van der Waals surface area contributed by atoms with Crippen molar-refractivity contribution in [2.24, 2.45) is 0 Å². The number of nitrogens with zero attached hydrogens (tertiary/aromatic N) is 4. The maximum absolute atomic E-state index is 5.10. The summed E-state index contributed by atoms with van der Waals surface area (Å²) >= 11 is 0. The number of hydrogen-bond donors (Lipinski definition) is 0. The number of pyridine rings is 1. The zero-order valence-corrected chi connectivity index (χ0v) is 28.3. The first-order chi connectivity index (χ1) is 25.0. The van der Waals surface area contributed by atoms with Crippen molar-refractivity contribution in [3.05, 3.63) is 169 Å². The fourth-order valence-corrected chi connectivity index (χ4v) is 7.96. The molecule has 0 atom stereocenters. The number of aromatic nitrogens is 4. The summed E-state index contributed by atoms with van der Waals surface area (Å²) in [5.41, 5.74) is 10.1. The Bertz CT molecular complexity index is 2810. The van der Waals surface area contributed by atoms with Crippen LogP contribution in [0.3, 0.4) is 0 Å². The van der Waals surface area contributed by atoms with E-state index < -0.39 is 0 Å². The molecule has 0 unspecified atom stereocenters. The van der Waals surface area contributed by atoms with Crippen LogP contribution in [0.5, 0.6) is 0 Å². The molecule has 1 aliphatic rings. The molecule has 10 rings (SSSR count). The summed E-state index contributed by atoms with van der Waals surface area (Å²) in [6, 6.07) is 53.6. The van der Waals surface area contributed by atoms with Crippen LogP contribution >= 0.6 is 0 Å². The van der Waals surface area contributed by atoms with Crippen molar-refractivity contribution >= 4 is 32.3 Å². The van der Waals surface area contributed by atoms with E-state index in [1.165, 1.54) is 54.6 Å². The van der Waals surface area contributed by atoms with Crippen LogP contribution in [-0.4, -0.2) is 19.9 Å². The average molecular weight is 653 g/mol. The van der Waals surface area contributed by atoms with Gasteiger partial charge < -0.3 is 0 Å². The smallest absolute Gasteiger partial charge is 0.164 e. The van der Waals surface area contributed by atoms with Gasteiger partial charge in [-0.2, -0.15) is 0 Å². The van der Waals surface area contributed by atoms with E-state index in [-0.39, 0.29) is 5.41 Å². The molecular formula is C47H32N4. The minimum absolute atomic E-state index is 0.0804. The molecule has 1 aliphatic carbocycles. The molecule has 9 aromatic rings. The first-order valence-electron chi connectivity index (χ1n) is 17.4. The van der Waals surface area contributed by atoms with Crippen molar-refractivity contribution in [2.45, 2.75) is 19.3 Å². The van der Waals surface area contributed by atoms with Crippen molar-refractivity contribution in [2.75, 3.05) is 0 Å². The summed E-state index contributed by atoms with van der Waals surface area (Å²) in [6.07, 6.45) is 1.82. The first kappa shape index (κ1) is 29.4. The third-order valence-corrected chi connectivity index (χ3v) is 10.6. The number of hydrogen-bond acceptors (Lipinski definition) is 4. The second kappa shape index (κ2) is 11.3. The lowest BCUT2D eigenvalue weighted by Gasteiger charge is -2.22. The molecule has 0 amide bonds. The van der Waals surface area contributed by atoms with Gasteiger partial charge in [-0.3, -0.25) is 4.98 Å². The van der Waals surface area contributed by atoms with E-state index in [1.54, 1.807) is 0 Å². The molecule has 0 fully saturated rings. The van der Waals surface area contributed by atoms with Crippen LogP contribution < -0.4 is 0 Å². The van der Waals surface area contributed by atoms with E-state index in [2.05, 4.69) is 122 Å². The van der Waals surface area contributed by atoms with E-state index in [1.807, 2.05) is 54.7 Å². The predicted molar refractivity (Wildman–Crippen MR) is 209 cm³/mol. The fraction of sp³-hybridized carbons (Fsp3) is 0.0638. The van der Waals surface area contributed by atoms with E-state index in [4.69, 9.17) is 15.0 Å². The Kier molecular flexibility index (Phi) is 6.49. The summed E-state index contributed by atoms with van der Waals surface area (Å²) in [4.78, 5) is 19.7. The molecule has 4 nitrogen and oxygen atoms in total. The Morgan fingerprint density at radius 2 is 0.922 bits per heavy atom. The molecule has 0 aliphatic heterocycles. The molecule has 240 valence electrons. The van der Waals surface area contributed by atoms with Gasteiger partial charge in [0.1, 0.15) is 0 Å². The minimum atomic E-state index is -0.0804. The van der Waals surface area contributed by atoms with E-state index in [0.717, 1.165) is 27.9 Å². The van der Waals surface area contributed by atoms with Gasteiger partial charge in [-0.1, -0.05) is 135 Å². The van der Waals surface area contributed by atoms with Crippen LogP contribution in [0.1, 0.15) is 25.0 Å². The highest BCUT2D eigenvalue weighted by molar-refractivity contribution is 6.26. The second-order valence-corrected chi connectivity index (χ2v) is 13.9. The quantitative estimate of drug-likeness (QED) is 0.178. The van der Waals surface area contributed by atoms with Gasteiger partial charge in [0.05, 0.1) is 5.69 Å². The summed E-state index contributed by atoms with van der Waals surface area (Å²) in [5.74, 6) is 1.92. The van der Waals surface area contributed by atoms with Crippen LogP contribution in [0.2, 0.25) is 0 Å². The van der Waals surface area contributed by atoms with Gasteiger partial charge in [0, 0.05) is 33.9 Å². The monoisotopic (exact) mass is 652 g/mol. The topological polar surface area (TPSA) is 51.6 Å². The summed E-state index contributed by atoms with van der Waals surface area (Å²) in [5, 5.41) is 7.42. The third kappa shape index (κ3) is 4.68. The van der Waals surface area contributed by atoms with Crippen molar-refractivity contribution in [1.29, 1.82) is 0 Å². The normalized spacial score (nSPS) is 13.1. The Morgan fingerprint density at radius 1 is 0.373 bits per heavy atom. The highest BCUT2D eigenvalue weighted by Crippen LogP contribution is 2.51. The van der Waals surface area contributed by atoms with Crippen LogP contribution in [0.25, 0.3) is 88.9 Å². The molecule has 4 heteroatoms. The Morgan fingerprint density at radius 3 is 1.65 bits per heavy atom. The van der Waals surface area contributed by atoms with Gasteiger partial charge in [0.2, 0.25) is 0 Å². The number of benzene rings is 7. The van der Waals surface area contributed by atoms with Crippen LogP contribution in [0.15, 0.2) is 158 Å². The van der Waals surface area contributed by atoms with Gasteiger partial charge >= 0.3 is 0 Å². The standard InChI is InChI=1S/C47H32N4/c1-47(2)41-17-9-8-16-36(41)40-27-38-34-15-7-6-14-33(34)37-26-32(23-24-35(37)39(38)28-42(40)47)46-50-44(30-12-4-3-5-13-30)49-45(51-46)31-21-19-29(20-22-31)43-18-10-11-25-48-43/h3-28H,1-2H3. The van der Waals surface area contributed by atoms with Crippen molar-refractivity contribution in [3.63, 3.8) is 0 Å². The summed E-state index contributed by atoms with van der Waals surface area (Å²) in [6.45, 7) is 4.69. The third-order valence-electron chi connectivity index (χ3n) is 10.6. The lowest BCUT2D eigenvalue weighted by atomic mass is 9.81. The van der Waals surface area contributed by atoms with Gasteiger partial charge in [-0.05, 0) is 84.9 Å². The Labute approximate surface area is 296 Å². The molecular weight excluding hydrogens is 621 g/mol. The first-order valence-corrected chi connectivity index (χ1v) is 17.4. The number of fused-ring (bicyclic) bond motifs is 9. The maximum Gasteiger partial charge on any atom is 0.164 e. The summed E-state index contributed by atoms with van der Waals surface area (Å²) in [7, 11) is 0. The second-order valence-electron chi connectivity index (χ2n) is 13.9. The van der Waals surface area contributed by atoms with Crippen molar-refractivity contribution in [1.82, 2.24) is 19.9 Å². The van der Waals surface area contributed by atoms with Crippen LogP contribution in [-0.2, 0) is 5.41 Å². The highest BCUT2D eigenvalue weighted by Gasteiger charge is 2.35. The summed E-state index contributed by atoms with van der Waals surface area (Å²) < 4.78 is 0. The van der Waals surface area contributed by atoms with Gasteiger partial charge in [0.15, 0.2) is 17.5 Å². The molecule has 51 heavy (non-hydrogen) atoms. The minimum Gasteiger partial charge on any atom is -0.256 e. The molecule has 0 spiro atoms. The fourth-order valence-electron chi connectivity index (χ4n) is 7.96. The zero-order chi connectivity index (χ0) is 34.1. The van der Waals surface area contributed by atoms with Gasteiger partial charge in [-0.15, -0.1) is 0 Å². The molecule has 0 saturated heterocycles. The van der Waals surface area contributed by atoms with E-state index in [0.29, 0.717) is 17.5 Å². The average Bonchev–Trinajstić information content (AvgIpc) is 3.43. The molecule has 7 aromatic carbocycles. The van der Waals surface area contributed by atoms with Gasteiger partial charge in [-0.25, -0.2) is 15.0 Å². The lowest BCUT2D eigenvalue weighted by molar-refractivity contribution is 0.661. The SMILES string of the molecule is CC1(C)c2ccccc2-c2cc3c4ccccc4c4cc(-c5nc(-c6ccccc6)nc(-c6ccc(-c7ccccn7)cc6)n5)ccc4c3cc21. The molecule has 0 N–H and O–H groups in total. The van der Waals surface area contributed by atoms with Crippen molar-refractivity contribution < 1.29 is 0 Å². The molecule has 2 aromatic heterocycles.